The number of rotatable bonds is 3. The van der Waals surface area contributed by atoms with Gasteiger partial charge in [0.25, 0.3) is 0 Å². The maximum atomic E-state index is 13.2. The number of nitriles is 1. The van der Waals surface area contributed by atoms with Crippen molar-refractivity contribution in [3.05, 3.63) is 29.3 Å². The van der Waals surface area contributed by atoms with E-state index in [4.69, 9.17) is 5.26 Å². The van der Waals surface area contributed by atoms with Crippen molar-refractivity contribution in [3.8, 4) is 11.8 Å². The number of benzene rings is 1. The Morgan fingerprint density at radius 3 is 2.64 bits per heavy atom. The summed E-state index contributed by atoms with van der Waals surface area (Å²) in [7, 11) is 1.27. The van der Waals surface area contributed by atoms with E-state index in [2.05, 4.69) is 4.74 Å². The van der Waals surface area contributed by atoms with Crippen LogP contribution in [0.3, 0.4) is 0 Å². The molecule has 0 aliphatic carbocycles. The summed E-state index contributed by atoms with van der Waals surface area (Å²) in [5.74, 6) is -1.27. The summed E-state index contributed by atoms with van der Waals surface area (Å²) < 4.78 is 30.9. The van der Waals surface area contributed by atoms with E-state index in [1.165, 1.54) is 7.11 Å². The van der Waals surface area contributed by atoms with Gasteiger partial charge >= 0.3 is 0 Å². The third-order valence-corrected chi connectivity index (χ3v) is 1.83. The smallest absolute Gasteiger partial charge is 0.165 e. The van der Waals surface area contributed by atoms with Crippen LogP contribution in [0.5, 0.6) is 5.75 Å². The van der Waals surface area contributed by atoms with E-state index in [1.54, 1.807) is 0 Å². The molecule has 0 atom stereocenters. The summed E-state index contributed by atoms with van der Waals surface area (Å²) in [5.41, 5.74) is 0.199. The van der Waals surface area contributed by atoms with Crippen molar-refractivity contribution in [3.63, 3.8) is 0 Å². The van der Waals surface area contributed by atoms with Gasteiger partial charge in [0.05, 0.1) is 13.2 Å². The molecule has 0 bridgehead atoms. The van der Waals surface area contributed by atoms with E-state index < -0.39 is 11.6 Å². The van der Waals surface area contributed by atoms with Gasteiger partial charge in [0.15, 0.2) is 11.6 Å². The lowest BCUT2D eigenvalue weighted by Crippen LogP contribution is -1.95. The van der Waals surface area contributed by atoms with Crippen LogP contribution < -0.4 is 4.74 Å². The highest BCUT2D eigenvalue weighted by Crippen LogP contribution is 2.21. The van der Waals surface area contributed by atoms with Gasteiger partial charge in [-0.05, 0) is 18.1 Å². The summed E-state index contributed by atoms with van der Waals surface area (Å²) in [4.78, 5) is 0. The molecule has 0 N–H and O–H groups in total. The predicted octanol–water partition coefficient (Wildman–Crippen LogP) is 2.43. The minimum absolute atomic E-state index is 0.122. The lowest BCUT2D eigenvalue weighted by molar-refractivity contribution is 0.382. The Balaban J connectivity index is 2.97. The first-order valence-electron chi connectivity index (χ1n) is 4.08. The maximum Gasteiger partial charge on any atom is 0.165 e. The molecule has 14 heavy (non-hydrogen) atoms. The zero-order valence-corrected chi connectivity index (χ0v) is 7.68. The Kier molecular flexibility index (Phi) is 3.41. The molecule has 0 fully saturated rings. The number of methoxy groups -OCH3 is 1. The van der Waals surface area contributed by atoms with Gasteiger partial charge < -0.3 is 4.74 Å². The molecule has 0 saturated carbocycles. The van der Waals surface area contributed by atoms with E-state index in [0.717, 1.165) is 12.1 Å². The first kappa shape index (κ1) is 10.5. The van der Waals surface area contributed by atoms with Gasteiger partial charge in [0.1, 0.15) is 5.82 Å². The third kappa shape index (κ3) is 2.19. The molecule has 0 spiro atoms. The van der Waals surface area contributed by atoms with Crippen LogP contribution in [0.15, 0.2) is 12.1 Å². The fourth-order valence-corrected chi connectivity index (χ4v) is 1.11. The molecule has 1 aromatic rings. The largest absolute Gasteiger partial charge is 0.494 e. The van der Waals surface area contributed by atoms with Crippen molar-refractivity contribution in [2.24, 2.45) is 0 Å². The molecule has 1 rings (SSSR count). The van der Waals surface area contributed by atoms with Crippen LogP contribution in [0, 0.1) is 23.0 Å². The Morgan fingerprint density at radius 2 is 2.07 bits per heavy atom. The number of halogens is 2. The molecule has 4 heteroatoms. The zero-order chi connectivity index (χ0) is 10.6. The molecule has 1 aromatic carbocycles. The van der Waals surface area contributed by atoms with E-state index in [9.17, 15) is 8.78 Å². The molecule has 0 unspecified atom stereocenters. The number of nitrogens with zero attached hydrogens (tertiary/aromatic N) is 1. The van der Waals surface area contributed by atoms with E-state index >= 15 is 0 Å². The fraction of sp³-hybridized carbons (Fsp3) is 0.300. The van der Waals surface area contributed by atoms with E-state index in [0.29, 0.717) is 0 Å². The van der Waals surface area contributed by atoms with Crippen molar-refractivity contribution in [2.45, 2.75) is 12.8 Å². The predicted molar refractivity (Wildman–Crippen MR) is 46.8 cm³/mol. The summed E-state index contributed by atoms with van der Waals surface area (Å²) in [6, 6.07) is 3.92. The third-order valence-electron chi connectivity index (χ3n) is 1.83. The minimum atomic E-state index is -0.609. The normalized spacial score (nSPS) is 9.57. The van der Waals surface area contributed by atoms with Crippen LogP contribution >= 0.6 is 0 Å². The van der Waals surface area contributed by atoms with Crippen molar-refractivity contribution in [1.29, 1.82) is 5.26 Å². The van der Waals surface area contributed by atoms with Gasteiger partial charge in [-0.25, -0.2) is 8.78 Å². The minimum Gasteiger partial charge on any atom is -0.494 e. The van der Waals surface area contributed by atoms with Gasteiger partial charge in [0.2, 0.25) is 0 Å². The van der Waals surface area contributed by atoms with Crippen LogP contribution in [0.2, 0.25) is 0 Å². The molecule has 0 saturated heterocycles. The second-order valence-electron chi connectivity index (χ2n) is 2.74. The number of hydrogen-bond donors (Lipinski definition) is 0. The Bertz CT molecular complexity index is 371. The van der Waals surface area contributed by atoms with Gasteiger partial charge in [-0.1, -0.05) is 0 Å². The zero-order valence-electron chi connectivity index (χ0n) is 7.68. The average molecular weight is 197 g/mol. The van der Waals surface area contributed by atoms with Crippen molar-refractivity contribution in [2.75, 3.05) is 7.11 Å². The Hall–Kier alpha value is -1.63. The van der Waals surface area contributed by atoms with Gasteiger partial charge in [-0.2, -0.15) is 5.26 Å². The number of aryl methyl sites for hydroxylation is 1. The molecular weight excluding hydrogens is 188 g/mol. The molecule has 0 aliphatic heterocycles. The monoisotopic (exact) mass is 197 g/mol. The maximum absolute atomic E-state index is 13.2. The molecule has 0 radical (unpaired) electrons. The van der Waals surface area contributed by atoms with Gasteiger partial charge in [-0.3, -0.25) is 0 Å². The topological polar surface area (TPSA) is 33.0 Å². The molecule has 2 nitrogen and oxygen atoms in total. The van der Waals surface area contributed by atoms with Crippen LogP contribution in [0.4, 0.5) is 8.78 Å². The van der Waals surface area contributed by atoms with Gasteiger partial charge in [-0.15, -0.1) is 0 Å². The van der Waals surface area contributed by atoms with E-state index in [-0.39, 0.29) is 24.2 Å². The second-order valence-corrected chi connectivity index (χ2v) is 2.74. The molecule has 0 aliphatic rings. The average Bonchev–Trinajstić information content (AvgIpc) is 2.18. The number of hydrogen-bond acceptors (Lipinski definition) is 2. The highest BCUT2D eigenvalue weighted by Gasteiger charge is 2.09. The molecule has 0 heterocycles. The standard InChI is InChI=1S/C10H9F2NO/c1-14-10-6-8(11)7(3-2-4-13)5-9(10)12/h5-6H,2-3H2,1H3. The van der Waals surface area contributed by atoms with Crippen LogP contribution in [0.1, 0.15) is 12.0 Å². The number of ether oxygens (including phenoxy) is 1. The molecule has 0 amide bonds. The summed E-state index contributed by atoms with van der Waals surface area (Å²) in [6.45, 7) is 0. The Labute approximate surface area is 80.7 Å². The van der Waals surface area contributed by atoms with Crippen molar-refractivity contribution >= 4 is 0 Å². The fourth-order valence-electron chi connectivity index (χ4n) is 1.11. The van der Waals surface area contributed by atoms with Crippen molar-refractivity contribution < 1.29 is 13.5 Å². The van der Waals surface area contributed by atoms with Crippen LogP contribution in [-0.2, 0) is 6.42 Å². The van der Waals surface area contributed by atoms with E-state index in [1.807, 2.05) is 6.07 Å². The molecule has 0 aromatic heterocycles. The SMILES string of the molecule is COc1cc(F)c(CCC#N)cc1F. The lowest BCUT2D eigenvalue weighted by Gasteiger charge is -2.05. The van der Waals surface area contributed by atoms with Gasteiger partial charge in [0, 0.05) is 12.5 Å². The summed E-state index contributed by atoms with van der Waals surface area (Å²) in [6.07, 6.45) is 0.381. The van der Waals surface area contributed by atoms with Crippen LogP contribution in [0.25, 0.3) is 0 Å². The first-order valence-corrected chi connectivity index (χ1v) is 4.08. The van der Waals surface area contributed by atoms with Crippen molar-refractivity contribution in [1.82, 2.24) is 0 Å². The van der Waals surface area contributed by atoms with Crippen LogP contribution in [-0.4, -0.2) is 7.11 Å². The Morgan fingerprint density at radius 1 is 1.36 bits per heavy atom. The molecule has 74 valence electrons. The molecular formula is C10H9F2NO. The lowest BCUT2D eigenvalue weighted by atomic mass is 10.1. The second kappa shape index (κ2) is 4.56. The quantitative estimate of drug-likeness (QED) is 0.745. The highest BCUT2D eigenvalue weighted by atomic mass is 19.1. The highest BCUT2D eigenvalue weighted by molar-refractivity contribution is 5.31. The summed E-state index contributed by atoms with van der Waals surface area (Å²) in [5, 5.41) is 8.30. The first-order chi connectivity index (χ1) is 6.69. The summed E-state index contributed by atoms with van der Waals surface area (Å²) >= 11 is 0.